The minimum absolute atomic E-state index is 0.0108. The Balaban J connectivity index is 1.60. The van der Waals surface area contributed by atoms with E-state index < -0.39 is 0 Å². The molecule has 0 bridgehead atoms. The van der Waals surface area contributed by atoms with Crippen molar-refractivity contribution in [1.82, 2.24) is 14.8 Å². The summed E-state index contributed by atoms with van der Waals surface area (Å²) >= 11 is 0. The number of carbonyl (C=O) groups excluding carboxylic acids is 2. The summed E-state index contributed by atoms with van der Waals surface area (Å²) in [6.07, 6.45) is 3.72. The fourth-order valence-corrected chi connectivity index (χ4v) is 3.30. The molecule has 2 aromatic rings. The van der Waals surface area contributed by atoms with Gasteiger partial charge in [-0.05, 0) is 42.7 Å². The third kappa shape index (κ3) is 4.25. The molecule has 0 aliphatic carbocycles. The first-order chi connectivity index (χ1) is 12.6. The molecule has 0 spiro atoms. The minimum Gasteiger partial charge on any atom is -0.497 e. The molecular weight excluding hydrogens is 330 g/mol. The molecule has 1 saturated heterocycles. The number of aryl methyl sites for hydroxylation is 1. The normalized spacial score (nSPS) is 17.7. The average molecular weight is 355 g/mol. The van der Waals surface area contributed by atoms with Gasteiger partial charge in [-0.1, -0.05) is 12.1 Å². The quantitative estimate of drug-likeness (QED) is 0.895. The van der Waals surface area contributed by atoms with Gasteiger partial charge in [0.25, 0.3) is 5.91 Å². The van der Waals surface area contributed by atoms with Crippen LogP contribution >= 0.6 is 0 Å². The van der Waals surface area contributed by atoms with Gasteiger partial charge in [-0.25, -0.2) is 0 Å². The van der Waals surface area contributed by atoms with Gasteiger partial charge in [-0.15, -0.1) is 0 Å². The molecule has 6 heteroatoms. The maximum absolute atomic E-state index is 12.5. The Labute approximate surface area is 153 Å². The lowest BCUT2D eigenvalue weighted by molar-refractivity contribution is -0.131. The van der Waals surface area contributed by atoms with E-state index in [0.717, 1.165) is 17.7 Å². The van der Waals surface area contributed by atoms with Gasteiger partial charge in [-0.3, -0.25) is 9.59 Å². The molecule has 0 saturated carbocycles. The van der Waals surface area contributed by atoms with Gasteiger partial charge in [0, 0.05) is 38.8 Å². The van der Waals surface area contributed by atoms with Gasteiger partial charge < -0.3 is 19.5 Å². The van der Waals surface area contributed by atoms with E-state index in [2.05, 4.69) is 5.32 Å². The molecule has 1 unspecified atom stereocenters. The average Bonchev–Trinajstić information content (AvgIpc) is 3.01. The predicted molar refractivity (Wildman–Crippen MR) is 98.9 cm³/mol. The number of benzene rings is 1. The van der Waals surface area contributed by atoms with E-state index in [1.807, 2.05) is 48.5 Å². The number of likely N-dealkylation sites (tertiary alicyclic amines) is 1. The number of carbonyl (C=O) groups is 2. The molecule has 2 amide bonds. The molecule has 1 N–H and O–H groups in total. The summed E-state index contributed by atoms with van der Waals surface area (Å²) in [7, 11) is 3.48. The Hall–Kier alpha value is -2.76. The molecule has 1 atom stereocenters. The summed E-state index contributed by atoms with van der Waals surface area (Å²) < 4.78 is 7.05. The molecule has 3 rings (SSSR count). The number of hydrogen-bond acceptors (Lipinski definition) is 3. The number of rotatable bonds is 5. The van der Waals surface area contributed by atoms with Crippen molar-refractivity contribution >= 4 is 11.8 Å². The molecule has 1 aromatic heterocycles. The van der Waals surface area contributed by atoms with E-state index in [1.165, 1.54) is 0 Å². The van der Waals surface area contributed by atoms with Crippen LogP contribution < -0.4 is 10.1 Å². The van der Waals surface area contributed by atoms with Crippen molar-refractivity contribution in [2.24, 2.45) is 7.05 Å². The Bertz CT molecular complexity index is 784. The molecule has 0 radical (unpaired) electrons. The van der Waals surface area contributed by atoms with Crippen molar-refractivity contribution in [2.75, 3.05) is 13.7 Å². The predicted octanol–water partition coefficient (Wildman–Crippen LogP) is 2.34. The molecule has 6 nitrogen and oxygen atoms in total. The summed E-state index contributed by atoms with van der Waals surface area (Å²) in [6.45, 7) is 1.20. The van der Waals surface area contributed by atoms with E-state index >= 15 is 0 Å². The van der Waals surface area contributed by atoms with Crippen LogP contribution in [0.1, 0.15) is 35.3 Å². The largest absolute Gasteiger partial charge is 0.497 e. The lowest BCUT2D eigenvalue weighted by atomic mass is 10.1. The van der Waals surface area contributed by atoms with E-state index in [0.29, 0.717) is 31.6 Å². The number of nitrogens with one attached hydrogen (secondary N) is 1. The highest BCUT2D eigenvalue weighted by atomic mass is 16.5. The highest BCUT2D eigenvalue weighted by molar-refractivity contribution is 5.93. The van der Waals surface area contributed by atoms with Crippen LogP contribution in [0.4, 0.5) is 0 Å². The lowest BCUT2D eigenvalue weighted by Gasteiger charge is -2.21. The third-order valence-electron chi connectivity index (χ3n) is 4.83. The topological polar surface area (TPSA) is 63.6 Å². The first-order valence-electron chi connectivity index (χ1n) is 8.89. The summed E-state index contributed by atoms with van der Waals surface area (Å²) in [4.78, 5) is 26.7. The highest BCUT2D eigenvalue weighted by Gasteiger charge is 2.24. The maximum atomic E-state index is 12.5. The summed E-state index contributed by atoms with van der Waals surface area (Å²) in [6, 6.07) is 11.4. The van der Waals surface area contributed by atoms with Crippen LogP contribution in [0.3, 0.4) is 0 Å². The number of ether oxygens (including phenoxy) is 1. The van der Waals surface area contributed by atoms with E-state index in [1.54, 1.807) is 17.7 Å². The maximum Gasteiger partial charge on any atom is 0.268 e. The van der Waals surface area contributed by atoms with Crippen LogP contribution in [-0.2, 0) is 18.4 Å². The van der Waals surface area contributed by atoms with E-state index in [-0.39, 0.29) is 17.9 Å². The fraction of sp³-hybridized carbons (Fsp3) is 0.400. The zero-order chi connectivity index (χ0) is 18.5. The van der Waals surface area contributed by atoms with Crippen molar-refractivity contribution < 1.29 is 14.3 Å². The summed E-state index contributed by atoms with van der Waals surface area (Å²) in [5.74, 6) is 0.831. The monoisotopic (exact) mass is 355 g/mol. The number of methoxy groups -OCH3 is 1. The van der Waals surface area contributed by atoms with Crippen molar-refractivity contribution in [3.8, 4) is 5.75 Å². The molecule has 1 aromatic carbocycles. The molecule has 138 valence electrons. The zero-order valence-corrected chi connectivity index (χ0v) is 15.3. The Morgan fingerprint density at radius 3 is 2.85 bits per heavy atom. The number of amides is 2. The lowest BCUT2D eigenvalue weighted by Crippen LogP contribution is -2.36. The van der Waals surface area contributed by atoms with Gasteiger partial charge in [-0.2, -0.15) is 0 Å². The zero-order valence-electron chi connectivity index (χ0n) is 15.3. The van der Waals surface area contributed by atoms with Crippen molar-refractivity contribution in [2.45, 2.75) is 31.8 Å². The summed E-state index contributed by atoms with van der Waals surface area (Å²) in [5.41, 5.74) is 1.68. The van der Waals surface area contributed by atoms with Crippen LogP contribution in [0.2, 0.25) is 0 Å². The Morgan fingerprint density at radius 2 is 2.12 bits per heavy atom. The Morgan fingerprint density at radius 1 is 1.27 bits per heavy atom. The second-order valence-corrected chi connectivity index (χ2v) is 6.67. The molecule has 1 fully saturated rings. The smallest absolute Gasteiger partial charge is 0.268 e. The van der Waals surface area contributed by atoms with Crippen LogP contribution in [0, 0.1) is 0 Å². The second-order valence-electron chi connectivity index (χ2n) is 6.67. The van der Waals surface area contributed by atoms with Crippen LogP contribution in [-0.4, -0.2) is 41.0 Å². The van der Waals surface area contributed by atoms with Gasteiger partial charge in [0.05, 0.1) is 7.11 Å². The standard InChI is InChI=1S/C20H25N3O3/c1-22-11-4-7-18(22)20(25)21-16-8-9-19(24)23(12-10-16)14-15-5-3-6-17(13-15)26-2/h3-7,11,13,16H,8-10,12,14H2,1-2H3,(H,21,25). The van der Waals surface area contributed by atoms with Crippen molar-refractivity contribution in [3.05, 3.63) is 53.9 Å². The summed E-state index contributed by atoms with van der Waals surface area (Å²) in [5, 5.41) is 3.07. The third-order valence-corrected chi connectivity index (χ3v) is 4.83. The molecular formula is C20H25N3O3. The number of hydrogen-bond donors (Lipinski definition) is 1. The fourth-order valence-electron chi connectivity index (χ4n) is 3.30. The van der Waals surface area contributed by atoms with E-state index in [9.17, 15) is 9.59 Å². The van der Waals surface area contributed by atoms with Crippen molar-refractivity contribution in [1.29, 1.82) is 0 Å². The highest BCUT2D eigenvalue weighted by Crippen LogP contribution is 2.18. The van der Waals surface area contributed by atoms with Crippen molar-refractivity contribution in [3.63, 3.8) is 0 Å². The SMILES string of the molecule is COc1cccc(CN2CCC(NC(=O)c3cccn3C)CCC2=O)c1. The Kier molecular flexibility index (Phi) is 5.61. The number of aromatic nitrogens is 1. The van der Waals surface area contributed by atoms with Crippen LogP contribution in [0.25, 0.3) is 0 Å². The van der Waals surface area contributed by atoms with E-state index in [4.69, 9.17) is 4.74 Å². The first-order valence-corrected chi connectivity index (χ1v) is 8.89. The van der Waals surface area contributed by atoms with Crippen LogP contribution in [0.15, 0.2) is 42.6 Å². The molecule has 2 heterocycles. The van der Waals surface area contributed by atoms with Gasteiger partial charge in [0.1, 0.15) is 11.4 Å². The van der Waals surface area contributed by atoms with Gasteiger partial charge >= 0.3 is 0 Å². The first kappa shape index (κ1) is 18.0. The number of nitrogens with zero attached hydrogens (tertiary/aromatic N) is 2. The second kappa shape index (κ2) is 8.08. The van der Waals surface area contributed by atoms with Gasteiger partial charge in [0.2, 0.25) is 5.91 Å². The molecule has 1 aliphatic heterocycles. The molecule has 26 heavy (non-hydrogen) atoms. The minimum atomic E-state index is -0.0869. The van der Waals surface area contributed by atoms with Crippen LogP contribution in [0.5, 0.6) is 5.75 Å². The van der Waals surface area contributed by atoms with Gasteiger partial charge in [0.15, 0.2) is 0 Å². The molecule has 1 aliphatic rings.